The molecule has 4 rings (SSSR count). The highest BCUT2D eigenvalue weighted by atomic mass is 16.6. The van der Waals surface area contributed by atoms with Gasteiger partial charge in [0.1, 0.15) is 12.4 Å². The van der Waals surface area contributed by atoms with E-state index in [2.05, 4.69) is 47.6 Å². The Bertz CT molecular complexity index is 878. The van der Waals surface area contributed by atoms with Crippen LogP contribution in [0.3, 0.4) is 0 Å². The van der Waals surface area contributed by atoms with Gasteiger partial charge in [-0.2, -0.15) is 0 Å². The number of hydrogen-bond donors (Lipinski definition) is 0. The maximum atomic E-state index is 12.7. The Labute approximate surface area is 194 Å². The molecule has 32 heavy (non-hydrogen) atoms. The fourth-order valence-electron chi connectivity index (χ4n) is 7.70. The highest BCUT2D eigenvalue weighted by molar-refractivity contribution is 5.90. The summed E-state index contributed by atoms with van der Waals surface area (Å²) in [5.41, 5.74) is 1.72. The molecule has 178 valence electrons. The lowest BCUT2D eigenvalue weighted by molar-refractivity contribution is -0.152. The van der Waals surface area contributed by atoms with Crippen molar-refractivity contribution < 1.29 is 19.1 Å². The number of carbonyl (C=O) groups excluding carboxylic acids is 2. The summed E-state index contributed by atoms with van der Waals surface area (Å²) >= 11 is 0. The number of ether oxygens (including phenoxy) is 2. The quantitative estimate of drug-likeness (QED) is 0.273. The highest BCUT2D eigenvalue weighted by Gasteiger charge is 2.63. The van der Waals surface area contributed by atoms with Crippen LogP contribution in [0.1, 0.15) is 93.9 Å². The minimum Gasteiger partial charge on any atom is -0.458 e. The Morgan fingerprint density at radius 2 is 1.34 bits per heavy atom. The Balaban J connectivity index is 1.35. The van der Waals surface area contributed by atoms with Gasteiger partial charge in [-0.3, -0.25) is 0 Å². The van der Waals surface area contributed by atoms with E-state index in [1.807, 2.05) is 6.92 Å². The number of carbonyl (C=O) groups is 2. The zero-order chi connectivity index (χ0) is 23.7. The largest absolute Gasteiger partial charge is 0.458 e. The summed E-state index contributed by atoms with van der Waals surface area (Å²) < 4.78 is 11.3. The van der Waals surface area contributed by atoms with Gasteiger partial charge in [0.15, 0.2) is 0 Å². The summed E-state index contributed by atoms with van der Waals surface area (Å²) in [7, 11) is 0. The van der Waals surface area contributed by atoms with Crippen LogP contribution in [0.4, 0.5) is 0 Å². The minimum atomic E-state index is -0.380. The summed E-state index contributed by atoms with van der Waals surface area (Å²) in [6, 6.07) is 0. The van der Waals surface area contributed by atoms with Crippen molar-refractivity contribution in [2.24, 2.45) is 39.4 Å². The third-order valence-corrected chi connectivity index (χ3v) is 11.3. The topological polar surface area (TPSA) is 52.6 Å². The van der Waals surface area contributed by atoms with Gasteiger partial charge in [0.25, 0.3) is 0 Å². The molecule has 2 unspecified atom stereocenters. The van der Waals surface area contributed by atoms with Crippen LogP contribution in [-0.2, 0) is 19.1 Å². The van der Waals surface area contributed by atoms with Crippen LogP contribution in [0.2, 0.25) is 0 Å². The summed E-state index contributed by atoms with van der Waals surface area (Å²) in [5, 5.41) is 0. The molecule has 0 N–H and O–H groups in total. The van der Waals surface area contributed by atoms with E-state index in [9.17, 15) is 9.59 Å². The van der Waals surface area contributed by atoms with E-state index in [0.717, 1.165) is 25.2 Å². The second-order valence-electron chi connectivity index (χ2n) is 12.8. The fourth-order valence-corrected chi connectivity index (χ4v) is 7.70. The van der Waals surface area contributed by atoms with Crippen LogP contribution in [0, 0.1) is 39.4 Å². The van der Waals surface area contributed by atoms with Gasteiger partial charge in [0, 0.05) is 11.0 Å². The van der Waals surface area contributed by atoms with Crippen LogP contribution in [0.15, 0.2) is 23.5 Å². The van der Waals surface area contributed by atoms with Gasteiger partial charge in [-0.1, -0.05) is 47.6 Å². The minimum absolute atomic E-state index is 0.0220. The van der Waals surface area contributed by atoms with Crippen molar-refractivity contribution in [3.05, 3.63) is 23.5 Å². The van der Waals surface area contributed by atoms with Crippen molar-refractivity contribution in [3.63, 3.8) is 0 Å². The standard InChI is InChI=1S/C28H42O4/c1-17(13-21-14-19-9-11-27(21,7)25(19,3)4)23(29)31-16-18(2)24(30)32-22-15-20-10-12-28(22,8)26(20,5)6/h13,16,19-22H,9-12,14-15H2,1-8H3/t19-,20-,21?,22?,27-,28-/m1/s1. The lowest BCUT2D eigenvalue weighted by Gasteiger charge is -2.38. The van der Waals surface area contributed by atoms with Crippen LogP contribution >= 0.6 is 0 Å². The molecule has 4 nitrogen and oxygen atoms in total. The van der Waals surface area contributed by atoms with Crippen molar-refractivity contribution in [2.45, 2.75) is 100 Å². The van der Waals surface area contributed by atoms with Gasteiger partial charge in [-0.15, -0.1) is 0 Å². The molecule has 4 bridgehead atoms. The summed E-state index contributed by atoms with van der Waals surface area (Å²) in [6.07, 6.45) is 10.2. The molecule has 0 aromatic heterocycles. The molecule has 4 saturated carbocycles. The Hall–Kier alpha value is -1.58. The van der Waals surface area contributed by atoms with E-state index >= 15 is 0 Å². The zero-order valence-electron chi connectivity index (χ0n) is 21.3. The smallest absolute Gasteiger partial charge is 0.338 e. The molecule has 0 amide bonds. The van der Waals surface area contributed by atoms with Crippen LogP contribution in [-0.4, -0.2) is 18.0 Å². The van der Waals surface area contributed by atoms with Gasteiger partial charge in [-0.05, 0) is 86.4 Å². The molecule has 6 atom stereocenters. The highest BCUT2D eigenvalue weighted by Crippen LogP contribution is 2.68. The third kappa shape index (κ3) is 3.22. The van der Waals surface area contributed by atoms with Crippen molar-refractivity contribution in [1.82, 2.24) is 0 Å². The van der Waals surface area contributed by atoms with Crippen molar-refractivity contribution >= 4 is 11.9 Å². The molecule has 0 aromatic rings. The first-order valence-corrected chi connectivity index (χ1v) is 12.5. The first kappa shape index (κ1) is 23.6. The van der Waals surface area contributed by atoms with E-state index in [1.54, 1.807) is 6.92 Å². The maximum absolute atomic E-state index is 12.7. The average molecular weight is 443 g/mol. The molecular formula is C28H42O4. The number of rotatable bonds is 5. The first-order valence-electron chi connectivity index (χ1n) is 12.5. The zero-order valence-corrected chi connectivity index (χ0v) is 21.3. The normalized spacial score (nSPS) is 41.8. The molecule has 0 spiro atoms. The summed E-state index contributed by atoms with van der Waals surface area (Å²) in [6.45, 7) is 17.5. The fraction of sp³-hybridized carbons (Fsp3) is 0.786. The van der Waals surface area contributed by atoms with Crippen LogP contribution in [0.5, 0.6) is 0 Å². The van der Waals surface area contributed by atoms with Gasteiger partial charge in [0.05, 0.1) is 5.57 Å². The van der Waals surface area contributed by atoms with Gasteiger partial charge >= 0.3 is 11.9 Å². The third-order valence-electron chi connectivity index (χ3n) is 11.3. The van der Waals surface area contributed by atoms with E-state index in [1.165, 1.54) is 25.5 Å². The number of allylic oxidation sites excluding steroid dienone is 1. The molecular weight excluding hydrogens is 400 g/mol. The second kappa shape index (κ2) is 7.46. The molecule has 0 aromatic carbocycles. The predicted molar refractivity (Wildman–Crippen MR) is 125 cm³/mol. The lowest BCUT2D eigenvalue weighted by atomic mass is 9.66. The Kier molecular flexibility index (Phi) is 5.50. The molecule has 4 fully saturated rings. The second-order valence-corrected chi connectivity index (χ2v) is 12.8. The SMILES string of the molecule is CC(=CC1C[C@H]2CC[C@@]1(C)C2(C)C)C(=O)OC=C(C)C(=O)OC1C[C@H]2CC[C@@]1(C)C2(C)C. The molecule has 4 aliphatic carbocycles. The van der Waals surface area contributed by atoms with Gasteiger partial charge in [-0.25, -0.2) is 9.59 Å². The lowest BCUT2D eigenvalue weighted by Crippen LogP contribution is -2.38. The molecule has 0 radical (unpaired) electrons. The predicted octanol–water partition coefficient (Wildman–Crippen LogP) is 6.60. The first-order chi connectivity index (χ1) is 14.7. The molecule has 0 heterocycles. The maximum Gasteiger partial charge on any atom is 0.338 e. The van der Waals surface area contributed by atoms with E-state index < -0.39 is 0 Å². The Morgan fingerprint density at radius 3 is 1.81 bits per heavy atom. The molecule has 0 aliphatic heterocycles. The van der Waals surface area contributed by atoms with E-state index in [4.69, 9.17) is 9.47 Å². The van der Waals surface area contributed by atoms with E-state index in [0.29, 0.717) is 28.4 Å². The van der Waals surface area contributed by atoms with Gasteiger partial charge in [0.2, 0.25) is 0 Å². The van der Waals surface area contributed by atoms with E-state index in [-0.39, 0.29) is 34.3 Å². The molecule has 0 saturated heterocycles. The monoisotopic (exact) mass is 442 g/mol. The van der Waals surface area contributed by atoms with Crippen molar-refractivity contribution in [1.29, 1.82) is 0 Å². The van der Waals surface area contributed by atoms with Crippen molar-refractivity contribution in [3.8, 4) is 0 Å². The summed E-state index contributed by atoms with van der Waals surface area (Å²) in [5.74, 6) is 0.983. The Morgan fingerprint density at radius 1 is 0.781 bits per heavy atom. The summed E-state index contributed by atoms with van der Waals surface area (Å²) in [4.78, 5) is 25.3. The van der Waals surface area contributed by atoms with Gasteiger partial charge < -0.3 is 9.47 Å². The van der Waals surface area contributed by atoms with Crippen LogP contribution < -0.4 is 0 Å². The van der Waals surface area contributed by atoms with Crippen molar-refractivity contribution in [2.75, 3.05) is 0 Å². The average Bonchev–Trinajstić information content (AvgIpc) is 3.23. The van der Waals surface area contributed by atoms with Crippen LogP contribution in [0.25, 0.3) is 0 Å². The molecule has 4 heteroatoms. The number of hydrogen-bond acceptors (Lipinski definition) is 4. The number of esters is 2. The molecule has 4 aliphatic rings. The number of fused-ring (bicyclic) bond motifs is 4.